The Hall–Kier alpha value is -0.920. The maximum absolute atomic E-state index is 11.9. The van der Waals surface area contributed by atoms with Crippen LogP contribution in [0.4, 0.5) is 0 Å². The highest BCUT2D eigenvalue weighted by molar-refractivity contribution is 5.95. The normalized spacial score (nSPS) is 21.1. The molecule has 1 aliphatic carbocycles. The molecule has 1 atom stereocenters. The Morgan fingerprint density at radius 3 is 2.81 bits per heavy atom. The van der Waals surface area contributed by atoms with E-state index in [2.05, 4.69) is 19.9 Å². The maximum atomic E-state index is 11.9. The second kappa shape index (κ2) is 5.42. The Morgan fingerprint density at radius 1 is 1.56 bits per heavy atom. The van der Waals surface area contributed by atoms with Crippen LogP contribution in [0, 0.1) is 11.3 Å². The van der Waals surface area contributed by atoms with Crippen molar-refractivity contribution in [1.82, 2.24) is 0 Å². The van der Waals surface area contributed by atoms with Crippen molar-refractivity contribution >= 4 is 12.1 Å². The molecule has 90 valence electrons. The Bertz CT molecular complexity index is 300. The molecule has 0 aromatic rings. The Balaban J connectivity index is 2.48. The van der Waals surface area contributed by atoms with E-state index >= 15 is 0 Å². The lowest BCUT2D eigenvalue weighted by Gasteiger charge is -2.29. The summed E-state index contributed by atoms with van der Waals surface area (Å²) in [7, 11) is 0. The highest BCUT2D eigenvalue weighted by Gasteiger charge is 2.25. The molecule has 0 N–H and O–H groups in total. The van der Waals surface area contributed by atoms with E-state index in [9.17, 15) is 9.59 Å². The van der Waals surface area contributed by atoms with Gasteiger partial charge in [-0.25, -0.2) is 0 Å². The number of Topliss-reactive ketones (excluding diaryl/α,β-unsaturated/α-hetero) is 1. The molecule has 0 heterocycles. The van der Waals surface area contributed by atoms with Crippen LogP contribution in [-0.4, -0.2) is 12.1 Å². The fourth-order valence-corrected chi connectivity index (χ4v) is 2.11. The third-order valence-electron chi connectivity index (χ3n) is 3.30. The fraction of sp³-hybridized carbons (Fsp3) is 0.714. The SMILES string of the molecule is CC(C=O)CCC(=O)C1=CCCC(C)(C)C1. The molecule has 0 spiro atoms. The van der Waals surface area contributed by atoms with Gasteiger partial charge in [0.15, 0.2) is 5.78 Å². The van der Waals surface area contributed by atoms with Crippen molar-refractivity contribution in [3.8, 4) is 0 Å². The van der Waals surface area contributed by atoms with Crippen molar-refractivity contribution in [2.75, 3.05) is 0 Å². The Labute approximate surface area is 98.1 Å². The minimum Gasteiger partial charge on any atom is -0.303 e. The van der Waals surface area contributed by atoms with E-state index in [0.717, 1.165) is 31.1 Å². The Kier molecular flexibility index (Phi) is 4.45. The molecule has 0 fully saturated rings. The van der Waals surface area contributed by atoms with E-state index in [1.807, 2.05) is 6.92 Å². The first kappa shape index (κ1) is 13.1. The number of hydrogen-bond donors (Lipinski definition) is 0. The fourth-order valence-electron chi connectivity index (χ4n) is 2.11. The molecular formula is C14H22O2. The minimum absolute atomic E-state index is 0.00107. The van der Waals surface area contributed by atoms with Gasteiger partial charge in [0.05, 0.1) is 0 Å². The second-order valence-electron chi connectivity index (χ2n) is 5.68. The van der Waals surface area contributed by atoms with Crippen LogP contribution < -0.4 is 0 Å². The van der Waals surface area contributed by atoms with Crippen LogP contribution in [0.2, 0.25) is 0 Å². The van der Waals surface area contributed by atoms with Gasteiger partial charge in [-0.2, -0.15) is 0 Å². The van der Waals surface area contributed by atoms with Crippen molar-refractivity contribution < 1.29 is 9.59 Å². The molecule has 0 aromatic heterocycles. The predicted octanol–water partition coefficient (Wildman–Crippen LogP) is 3.31. The van der Waals surface area contributed by atoms with E-state index in [0.29, 0.717) is 12.8 Å². The van der Waals surface area contributed by atoms with E-state index in [1.165, 1.54) is 0 Å². The molecule has 1 unspecified atom stereocenters. The van der Waals surface area contributed by atoms with E-state index in [4.69, 9.17) is 0 Å². The van der Waals surface area contributed by atoms with E-state index in [1.54, 1.807) is 0 Å². The summed E-state index contributed by atoms with van der Waals surface area (Å²) in [6.45, 7) is 6.28. The van der Waals surface area contributed by atoms with Gasteiger partial charge in [0.2, 0.25) is 0 Å². The summed E-state index contributed by atoms with van der Waals surface area (Å²) in [6, 6.07) is 0. The number of allylic oxidation sites excluding steroid dienone is 2. The van der Waals surface area contributed by atoms with Crippen molar-refractivity contribution in [2.24, 2.45) is 11.3 Å². The smallest absolute Gasteiger partial charge is 0.158 e. The third kappa shape index (κ3) is 3.92. The zero-order chi connectivity index (χ0) is 12.2. The van der Waals surface area contributed by atoms with E-state index < -0.39 is 0 Å². The molecule has 0 radical (unpaired) electrons. The molecule has 1 aliphatic rings. The molecule has 2 nitrogen and oxygen atoms in total. The van der Waals surface area contributed by atoms with Gasteiger partial charge < -0.3 is 4.79 Å². The van der Waals surface area contributed by atoms with Gasteiger partial charge >= 0.3 is 0 Å². The number of ketones is 1. The van der Waals surface area contributed by atoms with Crippen LogP contribution in [0.3, 0.4) is 0 Å². The minimum atomic E-state index is 0.00107. The van der Waals surface area contributed by atoms with E-state index in [-0.39, 0.29) is 17.1 Å². The van der Waals surface area contributed by atoms with Crippen LogP contribution in [-0.2, 0) is 9.59 Å². The van der Waals surface area contributed by atoms with Gasteiger partial charge in [-0.15, -0.1) is 0 Å². The van der Waals surface area contributed by atoms with Gasteiger partial charge in [0.25, 0.3) is 0 Å². The maximum Gasteiger partial charge on any atom is 0.158 e. The first-order valence-electron chi connectivity index (χ1n) is 6.12. The van der Waals surface area contributed by atoms with Crippen LogP contribution in [0.1, 0.15) is 52.9 Å². The highest BCUT2D eigenvalue weighted by atomic mass is 16.1. The first-order chi connectivity index (χ1) is 7.44. The van der Waals surface area contributed by atoms with Crippen LogP contribution in [0.25, 0.3) is 0 Å². The molecule has 0 bridgehead atoms. The highest BCUT2D eigenvalue weighted by Crippen LogP contribution is 2.35. The summed E-state index contributed by atoms with van der Waals surface area (Å²) in [5.41, 5.74) is 1.24. The summed E-state index contributed by atoms with van der Waals surface area (Å²) in [5.74, 6) is 0.239. The first-order valence-corrected chi connectivity index (χ1v) is 6.12. The summed E-state index contributed by atoms with van der Waals surface area (Å²) in [5, 5.41) is 0. The molecule has 0 saturated carbocycles. The quantitative estimate of drug-likeness (QED) is 0.669. The number of hydrogen-bond acceptors (Lipinski definition) is 2. The number of rotatable bonds is 5. The van der Waals surface area contributed by atoms with Crippen molar-refractivity contribution in [2.45, 2.75) is 52.9 Å². The molecule has 1 rings (SSSR count). The molecular weight excluding hydrogens is 200 g/mol. The van der Waals surface area contributed by atoms with Crippen LogP contribution in [0.15, 0.2) is 11.6 Å². The average Bonchev–Trinajstić information content (AvgIpc) is 2.23. The largest absolute Gasteiger partial charge is 0.303 e. The lowest BCUT2D eigenvalue weighted by molar-refractivity contribution is -0.116. The van der Waals surface area contributed by atoms with Crippen LogP contribution in [0.5, 0.6) is 0 Å². The molecule has 0 aromatic carbocycles. The lowest BCUT2D eigenvalue weighted by Crippen LogP contribution is -2.20. The van der Waals surface area contributed by atoms with Crippen LogP contribution >= 0.6 is 0 Å². The van der Waals surface area contributed by atoms with Gasteiger partial charge in [-0.1, -0.05) is 26.8 Å². The topological polar surface area (TPSA) is 34.1 Å². The zero-order valence-electron chi connectivity index (χ0n) is 10.6. The summed E-state index contributed by atoms with van der Waals surface area (Å²) >= 11 is 0. The molecule has 16 heavy (non-hydrogen) atoms. The third-order valence-corrected chi connectivity index (χ3v) is 3.30. The molecule has 0 amide bonds. The Morgan fingerprint density at radius 2 is 2.25 bits per heavy atom. The van der Waals surface area contributed by atoms with Crippen molar-refractivity contribution in [3.63, 3.8) is 0 Å². The number of aldehydes is 1. The van der Waals surface area contributed by atoms with Crippen molar-refractivity contribution in [3.05, 3.63) is 11.6 Å². The van der Waals surface area contributed by atoms with Gasteiger partial charge in [-0.3, -0.25) is 4.79 Å². The molecule has 2 heteroatoms. The van der Waals surface area contributed by atoms with Gasteiger partial charge in [-0.05, 0) is 36.7 Å². The monoisotopic (exact) mass is 222 g/mol. The molecule has 0 aliphatic heterocycles. The summed E-state index contributed by atoms with van der Waals surface area (Å²) < 4.78 is 0. The number of carbonyl (C=O) groups excluding carboxylic acids is 2. The molecule has 0 saturated heterocycles. The summed E-state index contributed by atoms with van der Waals surface area (Å²) in [4.78, 5) is 22.4. The average molecular weight is 222 g/mol. The predicted molar refractivity (Wildman–Crippen MR) is 65.2 cm³/mol. The number of carbonyl (C=O) groups is 2. The van der Waals surface area contributed by atoms with Gasteiger partial charge in [0, 0.05) is 12.3 Å². The summed E-state index contributed by atoms with van der Waals surface area (Å²) in [6.07, 6.45) is 7.26. The second-order valence-corrected chi connectivity index (χ2v) is 5.68. The lowest BCUT2D eigenvalue weighted by atomic mass is 9.76. The van der Waals surface area contributed by atoms with Crippen molar-refractivity contribution in [1.29, 1.82) is 0 Å². The van der Waals surface area contributed by atoms with Gasteiger partial charge in [0.1, 0.15) is 6.29 Å². The standard InChI is InChI=1S/C14H22O2/c1-11(10-15)6-7-13(16)12-5-4-8-14(2,3)9-12/h5,10-11H,4,6-9H2,1-3H3. The zero-order valence-corrected chi connectivity index (χ0v) is 10.6.